The van der Waals surface area contributed by atoms with E-state index in [0.29, 0.717) is 49.3 Å². The Morgan fingerprint density at radius 1 is 1.11 bits per heavy atom. The van der Waals surface area contributed by atoms with Gasteiger partial charge in [-0.3, -0.25) is 24.5 Å². The van der Waals surface area contributed by atoms with Crippen LogP contribution in [0.25, 0.3) is 20.8 Å². The molecule has 4 aromatic rings. The first-order chi connectivity index (χ1) is 21.4. The Bertz CT molecular complexity index is 1610. The summed E-state index contributed by atoms with van der Waals surface area (Å²) >= 11 is 1.46. The van der Waals surface area contributed by atoms with E-state index in [4.69, 9.17) is 14.5 Å². The van der Waals surface area contributed by atoms with Gasteiger partial charge < -0.3 is 20.1 Å². The number of hydrogen-bond acceptors (Lipinski definition) is 9. The number of ether oxygens (including phenoxy) is 2. The van der Waals surface area contributed by atoms with Crippen LogP contribution in [0.15, 0.2) is 54.9 Å². The quantitative estimate of drug-likeness (QED) is 0.0950. The number of amides is 2. The van der Waals surface area contributed by atoms with E-state index in [9.17, 15) is 18.8 Å². The molecule has 10 nitrogen and oxygen atoms in total. The molecule has 0 spiro atoms. The number of unbranched alkanes of at least 4 members (excludes halogenated alkanes) is 1. The fourth-order valence-corrected chi connectivity index (χ4v) is 5.82. The van der Waals surface area contributed by atoms with Crippen LogP contribution in [0.5, 0.6) is 11.5 Å². The minimum atomic E-state index is -0.611. The Balaban J connectivity index is 1.22. The molecule has 0 atom stereocenters. The van der Waals surface area contributed by atoms with Crippen LogP contribution in [0.2, 0.25) is 0 Å². The first kappa shape index (κ1) is 31.2. The SMILES string of the molecule is CCCN(CCCCC(=O)C=O)Cc1ccc(-c2cc3nccc(Oc4ccc(NC(=O)NC5COC5)cc4F)c3s2)nc1. The number of halogens is 1. The molecular formula is C32H34FN5O5S. The number of Topliss-reactive ketones (excluding diaryl/α,β-unsaturated/α-hetero) is 1. The zero-order valence-electron chi connectivity index (χ0n) is 24.4. The van der Waals surface area contributed by atoms with Crippen LogP contribution in [0.4, 0.5) is 14.9 Å². The summed E-state index contributed by atoms with van der Waals surface area (Å²) in [5.74, 6) is -0.463. The van der Waals surface area contributed by atoms with E-state index in [-0.39, 0.29) is 17.6 Å². The number of aromatic nitrogens is 2. The van der Waals surface area contributed by atoms with Crippen molar-refractivity contribution in [2.75, 3.05) is 31.6 Å². The molecule has 3 aromatic heterocycles. The molecule has 2 amide bonds. The lowest BCUT2D eigenvalue weighted by Crippen LogP contribution is -2.49. The number of nitrogens with zero attached hydrogens (tertiary/aromatic N) is 3. The van der Waals surface area contributed by atoms with Crippen LogP contribution < -0.4 is 15.4 Å². The highest BCUT2D eigenvalue weighted by Gasteiger charge is 2.20. The smallest absolute Gasteiger partial charge is 0.319 e. The number of thiophene rings is 1. The Kier molecular flexibility index (Phi) is 10.6. The summed E-state index contributed by atoms with van der Waals surface area (Å²) in [6, 6.07) is 11.5. The molecule has 4 heterocycles. The lowest BCUT2D eigenvalue weighted by atomic mass is 10.1. The molecule has 0 aliphatic carbocycles. The Morgan fingerprint density at radius 2 is 1.98 bits per heavy atom. The van der Waals surface area contributed by atoms with Crippen molar-refractivity contribution in [3.05, 3.63) is 66.2 Å². The third kappa shape index (κ3) is 8.22. The lowest BCUT2D eigenvalue weighted by Gasteiger charge is -2.26. The van der Waals surface area contributed by atoms with Gasteiger partial charge >= 0.3 is 6.03 Å². The van der Waals surface area contributed by atoms with Gasteiger partial charge in [-0.05, 0) is 62.2 Å². The topological polar surface area (TPSA) is 123 Å². The number of urea groups is 1. The number of aldehydes is 1. The molecule has 0 radical (unpaired) electrons. The van der Waals surface area contributed by atoms with E-state index in [1.54, 1.807) is 18.3 Å². The van der Waals surface area contributed by atoms with Crippen molar-refractivity contribution in [3.63, 3.8) is 0 Å². The first-order valence-corrected chi connectivity index (χ1v) is 15.4. The molecule has 2 N–H and O–H groups in total. The van der Waals surface area contributed by atoms with Gasteiger partial charge in [-0.1, -0.05) is 13.0 Å². The second kappa shape index (κ2) is 15.0. The summed E-state index contributed by atoms with van der Waals surface area (Å²) in [5, 5.41) is 5.37. The molecule has 1 fully saturated rings. The van der Waals surface area contributed by atoms with Crippen LogP contribution in [0.1, 0.15) is 38.2 Å². The molecule has 0 unspecified atom stereocenters. The number of fused-ring (bicyclic) bond motifs is 1. The van der Waals surface area contributed by atoms with Gasteiger partial charge in [0.25, 0.3) is 0 Å². The average Bonchev–Trinajstić information content (AvgIpc) is 3.44. The fourth-order valence-electron chi connectivity index (χ4n) is 4.77. The predicted octanol–water partition coefficient (Wildman–Crippen LogP) is 5.96. The van der Waals surface area contributed by atoms with Crippen LogP contribution in [0, 0.1) is 5.82 Å². The number of pyridine rings is 2. The van der Waals surface area contributed by atoms with E-state index in [1.165, 1.54) is 23.5 Å². The summed E-state index contributed by atoms with van der Waals surface area (Å²) in [6.45, 7) is 5.59. The summed E-state index contributed by atoms with van der Waals surface area (Å²) in [4.78, 5) is 46.2. The molecule has 230 valence electrons. The van der Waals surface area contributed by atoms with Gasteiger partial charge in [-0.25, -0.2) is 9.18 Å². The van der Waals surface area contributed by atoms with E-state index in [0.717, 1.165) is 53.3 Å². The van der Waals surface area contributed by atoms with Crippen molar-refractivity contribution in [1.29, 1.82) is 0 Å². The minimum absolute atomic E-state index is 0.0280. The van der Waals surface area contributed by atoms with Gasteiger partial charge in [0.05, 0.1) is 40.0 Å². The van der Waals surface area contributed by atoms with Crippen LogP contribution in [-0.4, -0.2) is 65.3 Å². The van der Waals surface area contributed by atoms with Crippen LogP contribution in [0.3, 0.4) is 0 Å². The number of carbonyl (C=O) groups is 3. The molecule has 44 heavy (non-hydrogen) atoms. The van der Waals surface area contributed by atoms with Gasteiger partial charge in [0.1, 0.15) is 5.75 Å². The Hall–Kier alpha value is -4.26. The van der Waals surface area contributed by atoms with E-state index >= 15 is 0 Å². The predicted molar refractivity (Wildman–Crippen MR) is 167 cm³/mol. The summed E-state index contributed by atoms with van der Waals surface area (Å²) < 4.78 is 26.7. The number of benzene rings is 1. The third-order valence-electron chi connectivity index (χ3n) is 7.06. The standard InChI is InChI=1S/C32H34FN5O5S/c1-2-12-38(13-4-3-5-24(40)18-39)17-21-6-8-26(35-16-21)30-15-27-31(44-30)29(10-11-34-27)43-28-9-7-22(14-25(28)33)36-32(41)37-23-19-42-20-23/h6-11,14-16,18,23H,2-5,12-13,17,19-20H2,1H3,(H2,36,37,41). The van der Waals surface area contributed by atoms with Crippen molar-refractivity contribution in [2.45, 2.75) is 45.2 Å². The molecule has 1 aromatic carbocycles. The second-order valence-electron chi connectivity index (χ2n) is 10.6. The highest BCUT2D eigenvalue weighted by molar-refractivity contribution is 7.22. The number of rotatable bonds is 15. The molecular weight excluding hydrogens is 585 g/mol. The molecule has 1 saturated heterocycles. The largest absolute Gasteiger partial charge is 0.453 e. The Morgan fingerprint density at radius 3 is 2.68 bits per heavy atom. The van der Waals surface area contributed by atoms with Gasteiger partial charge in [0.2, 0.25) is 0 Å². The molecule has 1 aliphatic rings. The molecule has 0 saturated carbocycles. The molecule has 12 heteroatoms. The summed E-state index contributed by atoms with van der Waals surface area (Å²) in [5.41, 5.74) is 2.90. The third-order valence-corrected chi connectivity index (χ3v) is 8.22. The molecule has 1 aliphatic heterocycles. The van der Waals surface area contributed by atoms with Crippen molar-refractivity contribution in [3.8, 4) is 22.1 Å². The maximum Gasteiger partial charge on any atom is 0.319 e. The maximum atomic E-state index is 14.9. The fraction of sp³-hybridized carbons (Fsp3) is 0.344. The normalized spacial score (nSPS) is 13.1. The van der Waals surface area contributed by atoms with Crippen LogP contribution >= 0.6 is 11.3 Å². The monoisotopic (exact) mass is 619 g/mol. The number of carbonyl (C=O) groups excluding carboxylic acids is 3. The number of hydrogen-bond donors (Lipinski definition) is 2. The van der Waals surface area contributed by atoms with Crippen LogP contribution in [-0.2, 0) is 20.9 Å². The van der Waals surface area contributed by atoms with Crippen molar-refractivity contribution >= 4 is 45.3 Å². The van der Waals surface area contributed by atoms with Crippen molar-refractivity contribution in [1.82, 2.24) is 20.2 Å². The zero-order chi connectivity index (χ0) is 30.9. The molecule has 0 bridgehead atoms. The van der Waals surface area contributed by atoms with Gasteiger partial charge in [0, 0.05) is 43.2 Å². The number of anilines is 1. The summed E-state index contributed by atoms with van der Waals surface area (Å²) in [7, 11) is 0. The van der Waals surface area contributed by atoms with E-state index in [2.05, 4.69) is 33.5 Å². The van der Waals surface area contributed by atoms with Gasteiger partial charge in [-0.15, -0.1) is 11.3 Å². The second-order valence-corrected chi connectivity index (χ2v) is 11.6. The highest BCUT2D eigenvalue weighted by atomic mass is 32.1. The number of ketones is 1. The zero-order valence-corrected chi connectivity index (χ0v) is 25.2. The van der Waals surface area contributed by atoms with Crippen molar-refractivity contribution in [2.24, 2.45) is 0 Å². The molecule has 5 rings (SSSR count). The van der Waals surface area contributed by atoms with E-state index < -0.39 is 11.8 Å². The first-order valence-electron chi connectivity index (χ1n) is 14.6. The van der Waals surface area contributed by atoms with E-state index in [1.807, 2.05) is 18.3 Å². The number of nitrogens with one attached hydrogen (secondary N) is 2. The maximum absolute atomic E-state index is 14.9. The summed E-state index contributed by atoms with van der Waals surface area (Å²) in [6.07, 6.45) is 6.74. The minimum Gasteiger partial charge on any atom is -0.453 e. The highest BCUT2D eigenvalue weighted by Crippen LogP contribution is 2.39. The Labute approximate surface area is 258 Å². The van der Waals surface area contributed by atoms with Gasteiger partial charge in [0.15, 0.2) is 23.6 Å². The van der Waals surface area contributed by atoms with Crippen molar-refractivity contribution < 1.29 is 28.2 Å². The average molecular weight is 620 g/mol. The van der Waals surface area contributed by atoms with Gasteiger partial charge in [-0.2, -0.15) is 0 Å². The lowest BCUT2D eigenvalue weighted by molar-refractivity contribution is -0.129.